The van der Waals surface area contributed by atoms with Gasteiger partial charge < -0.3 is 8.83 Å². The third kappa shape index (κ3) is 1.64. The number of nitrogens with zero attached hydrogens (tertiary/aromatic N) is 1. The van der Waals surface area contributed by atoms with Crippen molar-refractivity contribution in [3.63, 3.8) is 0 Å². The molecule has 0 N–H and O–H groups in total. The van der Waals surface area contributed by atoms with E-state index in [-0.39, 0.29) is 11.5 Å². The Kier molecular flexibility index (Phi) is 2.09. The van der Waals surface area contributed by atoms with E-state index in [1.165, 1.54) is 18.4 Å². The minimum Gasteiger partial charge on any atom is -0.461 e. The van der Waals surface area contributed by atoms with E-state index in [9.17, 15) is 14.9 Å². The first-order chi connectivity index (χ1) is 7.18. The van der Waals surface area contributed by atoms with E-state index in [1.807, 2.05) is 0 Å². The van der Waals surface area contributed by atoms with Crippen LogP contribution < -0.4 is 0 Å². The zero-order valence-electron chi connectivity index (χ0n) is 7.38. The molecule has 0 aliphatic carbocycles. The number of rotatable bonds is 3. The largest absolute Gasteiger partial charge is 0.461 e. The molecule has 0 bridgehead atoms. The van der Waals surface area contributed by atoms with E-state index < -0.39 is 16.6 Å². The van der Waals surface area contributed by atoms with E-state index in [2.05, 4.69) is 0 Å². The zero-order chi connectivity index (χ0) is 10.8. The Morgan fingerprint density at radius 1 is 1.27 bits per heavy atom. The second kappa shape index (κ2) is 3.41. The highest BCUT2D eigenvalue weighted by Gasteiger charge is 2.20. The molecular formula is C9H5NO5. The van der Waals surface area contributed by atoms with Crippen molar-refractivity contribution in [3.05, 3.63) is 52.2 Å². The van der Waals surface area contributed by atoms with Gasteiger partial charge in [-0.2, -0.15) is 0 Å². The molecule has 0 atom stereocenters. The van der Waals surface area contributed by atoms with Gasteiger partial charge in [-0.15, -0.1) is 0 Å². The minimum absolute atomic E-state index is 0.0826. The first kappa shape index (κ1) is 9.20. The second-order valence-corrected chi connectivity index (χ2v) is 2.70. The SMILES string of the molecule is O=C(c1ccco1)c1ccc([N+](=O)[O-])o1. The van der Waals surface area contributed by atoms with Crippen LogP contribution >= 0.6 is 0 Å². The van der Waals surface area contributed by atoms with E-state index in [4.69, 9.17) is 8.83 Å². The Morgan fingerprint density at radius 2 is 2.07 bits per heavy atom. The van der Waals surface area contributed by atoms with Gasteiger partial charge in [0.2, 0.25) is 0 Å². The van der Waals surface area contributed by atoms with E-state index in [0.717, 1.165) is 6.07 Å². The Bertz CT molecular complexity index is 496. The van der Waals surface area contributed by atoms with E-state index in [1.54, 1.807) is 6.07 Å². The zero-order valence-corrected chi connectivity index (χ0v) is 7.38. The summed E-state index contributed by atoms with van der Waals surface area (Å²) >= 11 is 0. The summed E-state index contributed by atoms with van der Waals surface area (Å²) in [6.07, 6.45) is 1.34. The maximum absolute atomic E-state index is 11.5. The third-order valence-corrected chi connectivity index (χ3v) is 1.74. The molecule has 2 rings (SSSR count). The average molecular weight is 207 g/mol. The molecule has 6 heteroatoms. The fourth-order valence-corrected chi connectivity index (χ4v) is 1.08. The van der Waals surface area contributed by atoms with E-state index >= 15 is 0 Å². The van der Waals surface area contributed by atoms with Gasteiger partial charge in [-0.05, 0) is 18.2 Å². The molecule has 2 heterocycles. The normalized spacial score (nSPS) is 10.1. The van der Waals surface area contributed by atoms with Gasteiger partial charge in [0.1, 0.15) is 4.92 Å². The van der Waals surface area contributed by atoms with Crippen molar-refractivity contribution >= 4 is 11.7 Å². The molecule has 2 aromatic heterocycles. The fourth-order valence-electron chi connectivity index (χ4n) is 1.08. The molecule has 0 fully saturated rings. The van der Waals surface area contributed by atoms with Gasteiger partial charge in [0, 0.05) is 0 Å². The second-order valence-electron chi connectivity index (χ2n) is 2.70. The van der Waals surface area contributed by atoms with Crippen LogP contribution in [0.5, 0.6) is 0 Å². The van der Waals surface area contributed by atoms with Crippen molar-refractivity contribution in [1.29, 1.82) is 0 Å². The molecule has 0 aromatic carbocycles. The Labute approximate surface area is 83.3 Å². The number of carbonyl (C=O) groups excluding carboxylic acids is 1. The molecule has 0 saturated heterocycles. The molecule has 0 amide bonds. The van der Waals surface area contributed by atoms with Gasteiger partial charge in [0.05, 0.1) is 12.3 Å². The maximum atomic E-state index is 11.5. The molecule has 76 valence electrons. The molecule has 0 aliphatic heterocycles. The van der Waals surface area contributed by atoms with Gasteiger partial charge in [-0.1, -0.05) is 0 Å². The smallest absolute Gasteiger partial charge is 0.433 e. The predicted molar refractivity (Wildman–Crippen MR) is 47.5 cm³/mol. The summed E-state index contributed by atoms with van der Waals surface area (Å²) in [5, 5.41) is 10.3. The highest BCUT2D eigenvalue weighted by atomic mass is 16.6. The van der Waals surface area contributed by atoms with Crippen LogP contribution in [0.2, 0.25) is 0 Å². The lowest BCUT2D eigenvalue weighted by Crippen LogP contribution is -1.96. The number of ketones is 1. The van der Waals surface area contributed by atoms with Crippen LogP contribution in [-0.4, -0.2) is 10.7 Å². The van der Waals surface area contributed by atoms with Crippen LogP contribution in [-0.2, 0) is 0 Å². The van der Waals surface area contributed by atoms with Crippen LogP contribution in [0, 0.1) is 10.1 Å². The summed E-state index contributed by atoms with van der Waals surface area (Å²) in [4.78, 5) is 21.1. The first-order valence-electron chi connectivity index (χ1n) is 4.01. The Morgan fingerprint density at radius 3 is 2.60 bits per heavy atom. The van der Waals surface area contributed by atoms with Crippen molar-refractivity contribution in [3.8, 4) is 0 Å². The van der Waals surface area contributed by atoms with Crippen molar-refractivity contribution in [2.24, 2.45) is 0 Å². The van der Waals surface area contributed by atoms with Crippen LogP contribution in [0.3, 0.4) is 0 Å². The standard InChI is InChI=1S/C9H5NO5/c11-9(6-2-1-5-14-6)7-3-4-8(15-7)10(12)13/h1-5H. The topological polar surface area (TPSA) is 86.5 Å². The van der Waals surface area contributed by atoms with Crippen molar-refractivity contribution in [2.45, 2.75) is 0 Å². The summed E-state index contributed by atoms with van der Waals surface area (Å²) in [5.41, 5.74) is 0. The maximum Gasteiger partial charge on any atom is 0.433 e. The van der Waals surface area contributed by atoms with E-state index in [0.29, 0.717) is 0 Å². The van der Waals surface area contributed by atoms with Gasteiger partial charge >= 0.3 is 5.88 Å². The minimum atomic E-state index is -0.709. The summed E-state index contributed by atoms with van der Waals surface area (Å²) in [5.74, 6) is -1.02. The number of hydrogen-bond donors (Lipinski definition) is 0. The van der Waals surface area contributed by atoms with Gasteiger partial charge in [-0.25, -0.2) is 0 Å². The Balaban J connectivity index is 2.31. The first-order valence-corrected chi connectivity index (χ1v) is 4.01. The lowest BCUT2D eigenvalue weighted by Gasteiger charge is -1.89. The summed E-state index contributed by atoms with van der Waals surface area (Å²) in [7, 11) is 0. The van der Waals surface area contributed by atoms with Crippen LogP contribution in [0.15, 0.2) is 39.4 Å². The van der Waals surface area contributed by atoms with Crippen molar-refractivity contribution < 1.29 is 18.6 Å². The molecule has 0 unspecified atom stereocenters. The van der Waals surface area contributed by atoms with Crippen molar-refractivity contribution in [2.75, 3.05) is 0 Å². The Hall–Kier alpha value is -2.37. The summed E-state index contributed by atoms with van der Waals surface area (Å²) in [6, 6.07) is 5.36. The molecular weight excluding hydrogens is 202 g/mol. The van der Waals surface area contributed by atoms with Crippen LogP contribution in [0.4, 0.5) is 5.88 Å². The quantitative estimate of drug-likeness (QED) is 0.436. The number of carbonyl (C=O) groups is 1. The number of furan rings is 2. The highest BCUT2D eigenvalue weighted by Crippen LogP contribution is 2.18. The van der Waals surface area contributed by atoms with Gasteiger partial charge in [0.15, 0.2) is 11.5 Å². The van der Waals surface area contributed by atoms with Crippen LogP contribution in [0.25, 0.3) is 0 Å². The number of nitro groups is 1. The molecule has 2 aromatic rings. The molecule has 6 nitrogen and oxygen atoms in total. The van der Waals surface area contributed by atoms with Gasteiger partial charge in [0.25, 0.3) is 5.78 Å². The lowest BCUT2D eigenvalue weighted by molar-refractivity contribution is -0.402. The monoisotopic (exact) mass is 207 g/mol. The van der Waals surface area contributed by atoms with Gasteiger partial charge in [-0.3, -0.25) is 14.9 Å². The van der Waals surface area contributed by atoms with Crippen LogP contribution in [0.1, 0.15) is 16.3 Å². The molecule has 0 radical (unpaired) electrons. The summed E-state index contributed by atoms with van der Waals surface area (Å²) < 4.78 is 9.56. The highest BCUT2D eigenvalue weighted by molar-refractivity contribution is 6.05. The van der Waals surface area contributed by atoms with Crippen molar-refractivity contribution in [1.82, 2.24) is 0 Å². The third-order valence-electron chi connectivity index (χ3n) is 1.74. The summed E-state index contributed by atoms with van der Waals surface area (Å²) in [6.45, 7) is 0. The number of hydrogen-bond acceptors (Lipinski definition) is 5. The predicted octanol–water partition coefficient (Wildman–Crippen LogP) is 2.01. The molecule has 0 spiro atoms. The fraction of sp³-hybridized carbons (Fsp3) is 0. The molecule has 0 aliphatic rings. The molecule has 15 heavy (non-hydrogen) atoms. The lowest BCUT2D eigenvalue weighted by atomic mass is 10.2. The molecule has 0 saturated carbocycles. The average Bonchev–Trinajstić information content (AvgIpc) is 2.88.